The molecule has 1 heterocycles. The van der Waals surface area contributed by atoms with E-state index in [2.05, 4.69) is 5.10 Å². The van der Waals surface area contributed by atoms with Crippen LogP contribution in [0.15, 0.2) is 12.4 Å². The second-order valence-electron chi connectivity index (χ2n) is 1.49. The SMILES string of the molecule is N=C(N)n1cc(F)cn1. The molecule has 0 spiro atoms. The molecule has 0 fully saturated rings. The van der Waals surface area contributed by atoms with E-state index in [0.717, 1.165) is 17.1 Å². The lowest BCUT2D eigenvalue weighted by Gasteiger charge is -1.91. The minimum atomic E-state index is -0.495. The van der Waals surface area contributed by atoms with E-state index in [1.54, 1.807) is 0 Å². The van der Waals surface area contributed by atoms with E-state index in [4.69, 9.17) is 11.1 Å². The molecule has 48 valence electrons. The zero-order valence-corrected chi connectivity index (χ0v) is 4.50. The van der Waals surface area contributed by atoms with Gasteiger partial charge in [0.1, 0.15) is 0 Å². The largest absolute Gasteiger partial charge is 0.368 e. The molecule has 3 N–H and O–H groups in total. The second kappa shape index (κ2) is 1.85. The number of rotatable bonds is 0. The third-order valence-electron chi connectivity index (χ3n) is 0.798. The van der Waals surface area contributed by atoms with Gasteiger partial charge < -0.3 is 5.73 Å². The molecule has 0 bridgehead atoms. The molecule has 0 aromatic carbocycles. The summed E-state index contributed by atoms with van der Waals surface area (Å²) in [6.07, 6.45) is 2.02. The maximum absolute atomic E-state index is 12.1. The quantitative estimate of drug-likeness (QED) is 0.374. The van der Waals surface area contributed by atoms with Crippen LogP contribution in [0.25, 0.3) is 0 Å². The molecule has 1 aromatic rings. The van der Waals surface area contributed by atoms with Gasteiger partial charge in [-0.05, 0) is 0 Å². The fraction of sp³-hybridized carbons (Fsp3) is 0. The molecule has 0 aliphatic rings. The first-order valence-electron chi connectivity index (χ1n) is 2.25. The van der Waals surface area contributed by atoms with Gasteiger partial charge in [-0.1, -0.05) is 0 Å². The lowest BCUT2D eigenvalue weighted by atomic mass is 10.7. The highest BCUT2D eigenvalue weighted by atomic mass is 19.1. The van der Waals surface area contributed by atoms with Gasteiger partial charge >= 0.3 is 0 Å². The summed E-state index contributed by atoms with van der Waals surface area (Å²) in [6, 6.07) is 0. The second-order valence-corrected chi connectivity index (χ2v) is 1.49. The topological polar surface area (TPSA) is 67.7 Å². The zero-order valence-electron chi connectivity index (χ0n) is 4.50. The van der Waals surface area contributed by atoms with Crippen molar-refractivity contribution in [2.24, 2.45) is 5.73 Å². The lowest BCUT2D eigenvalue weighted by Crippen LogP contribution is -2.20. The van der Waals surface area contributed by atoms with Crippen molar-refractivity contribution in [1.29, 1.82) is 5.41 Å². The van der Waals surface area contributed by atoms with Gasteiger partial charge in [0.15, 0.2) is 5.82 Å². The third-order valence-corrected chi connectivity index (χ3v) is 0.798. The number of nitrogen functional groups attached to an aromatic ring is 1. The first-order valence-corrected chi connectivity index (χ1v) is 2.25. The van der Waals surface area contributed by atoms with Crippen molar-refractivity contribution in [3.05, 3.63) is 18.2 Å². The summed E-state index contributed by atoms with van der Waals surface area (Å²) in [5.74, 6) is -0.788. The predicted octanol–water partition coefficient (Wildman–Crippen LogP) is -0.236. The standard InChI is InChI=1S/C4H5FN4/c5-3-1-8-9(2-3)4(6)7/h1-2H,(H3,6,7). The van der Waals surface area contributed by atoms with E-state index < -0.39 is 5.82 Å². The number of hydrogen-bond acceptors (Lipinski definition) is 2. The minimum Gasteiger partial charge on any atom is -0.368 e. The van der Waals surface area contributed by atoms with Gasteiger partial charge in [-0.2, -0.15) is 5.10 Å². The fourth-order valence-electron chi connectivity index (χ4n) is 0.433. The van der Waals surface area contributed by atoms with E-state index in [1.807, 2.05) is 0 Å². The van der Waals surface area contributed by atoms with E-state index in [9.17, 15) is 4.39 Å². The lowest BCUT2D eigenvalue weighted by molar-refractivity contribution is 0.627. The highest BCUT2D eigenvalue weighted by molar-refractivity contribution is 5.75. The van der Waals surface area contributed by atoms with Gasteiger partial charge in [-0.15, -0.1) is 0 Å². The van der Waals surface area contributed by atoms with Crippen LogP contribution in [0.5, 0.6) is 0 Å². The molecule has 5 heteroatoms. The molecule has 0 unspecified atom stereocenters. The maximum Gasteiger partial charge on any atom is 0.213 e. The molecule has 0 radical (unpaired) electrons. The summed E-state index contributed by atoms with van der Waals surface area (Å²) < 4.78 is 13.0. The molecule has 0 aliphatic carbocycles. The Labute approximate surface area is 50.6 Å². The Kier molecular flexibility index (Phi) is 1.18. The molecular weight excluding hydrogens is 123 g/mol. The summed E-state index contributed by atoms with van der Waals surface area (Å²) in [6.45, 7) is 0. The van der Waals surface area contributed by atoms with Gasteiger partial charge in [-0.25, -0.2) is 9.07 Å². The number of hydrogen-bond donors (Lipinski definition) is 2. The van der Waals surface area contributed by atoms with Gasteiger partial charge in [0.25, 0.3) is 0 Å². The van der Waals surface area contributed by atoms with Crippen LogP contribution in [0.2, 0.25) is 0 Å². The predicted molar refractivity (Wildman–Crippen MR) is 29.5 cm³/mol. The Bertz CT molecular complexity index is 228. The highest BCUT2D eigenvalue weighted by Crippen LogP contribution is 1.90. The molecule has 0 atom stereocenters. The van der Waals surface area contributed by atoms with Crippen molar-refractivity contribution >= 4 is 5.96 Å². The average molecular weight is 128 g/mol. The Morgan fingerprint density at radius 2 is 2.56 bits per heavy atom. The normalized spacial score (nSPS) is 9.44. The zero-order chi connectivity index (χ0) is 6.85. The van der Waals surface area contributed by atoms with Crippen molar-refractivity contribution in [1.82, 2.24) is 9.78 Å². The molecule has 1 rings (SSSR count). The van der Waals surface area contributed by atoms with Crippen LogP contribution in [0.3, 0.4) is 0 Å². The monoisotopic (exact) mass is 128 g/mol. The van der Waals surface area contributed by atoms with Gasteiger partial charge in [-0.3, -0.25) is 5.41 Å². The number of aromatic nitrogens is 2. The van der Waals surface area contributed by atoms with Crippen LogP contribution < -0.4 is 5.73 Å². The van der Waals surface area contributed by atoms with Gasteiger partial charge in [0.2, 0.25) is 5.96 Å². The molecule has 0 amide bonds. The molecule has 1 aromatic heterocycles. The minimum absolute atomic E-state index is 0.293. The summed E-state index contributed by atoms with van der Waals surface area (Å²) in [5.41, 5.74) is 4.94. The number of halogens is 1. The molecular formula is C4H5FN4. The van der Waals surface area contributed by atoms with Crippen LogP contribution >= 0.6 is 0 Å². The first kappa shape index (κ1) is 5.74. The summed E-state index contributed by atoms with van der Waals surface area (Å²) in [5, 5.41) is 10.2. The Morgan fingerprint density at radius 3 is 2.78 bits per heavy atom. The van der Waals surface area contributed by atoms with E-state index in [0.29, 0.717) is 0 Å². The van der Waals surface area contributed by atoms with Crippen LogP contribution in [0.4, 0.5) is 4.39 Å². The first-order chi connectivity index (χ1) is 4.20. The third kappa shape index (κ3) is 1.04. The number of nitrogens with two attached hydrogens (primary N) is 1. The van der Waals surface area contributed by atoms with Crippen LogP contribution in [-0.2, 0) is 0 Å². The summed E-state index contributed by atoms with van der Waals surface area (Å²) >= 11 is 0. The van der Waals surface area contributed by atoms with Gasteiger partial charge in [0, 0.05) is 0 Å². The van der Waals surface area contributed by atoms with Crippen molar-refractivity contribution in [3.63, 3.8) is 0 Å². The van der Waals surface area contributed by atoms with Crippen LogP contribution in [0, 0.1) is 11.2 Å². The smallest absolute Gasteiger partial charge is 0.213 e. The number of nitrogens with one attached hydrogen (secondary N) is 1. The maximum atomic E-state index is 12.1. The van der Waals surface area contributed by atoms with Gasteiger partial charge in [0.05, 0.1) is 12.4 Å². The summed E-state index contributed by atoms with van der Waals surface area (Å²) in [4.78, 5) is 0. The van der Waals surface area contributed by atoms with Crippen molar-refractivity contribution in [2.45, 2.75) is 0 Å². The van der Waals surface area contributed by atoms with Crippen molar-refractivity contribution in [2.75, 3.05) is 0 Å². The van der Waals surface area contributed by atoms with E-state index >= 15 is 0 Å². The molecule has 4 nitrogen and oxygen atoms in total. The Hall–Kier alpha value is -1.39. The van der Waals surface area contributed by atoms with Crippen LogP contribution in [0.1, 0.15) is 0 Å². The Balaban J connectivity index is 2.98. The average Bonchev–Trinajstić information content (AvgIpc) is 2.14. The summed E-state index contributed by atoms with van der Waals surface area (Å²) in [7, 11) is 0. The molecule has 9 heavy (non-hydrogen) atoms. The number of nitrogens with zero attached hydrogens (tertiary/aromatic N) is 2. The van der Waals surface area contributed by atoms with Crippen LogP contribution in [-0.4, -0.2) is 15.7 Å². The fourth-order valence-corrected chi connectivity index (χ4v) is 0.433. The molecule has 0 aliphatic heterocycles. The van der Waals surface area contributed by atoms with E-state index in [1.165, 1.54) is 0 Å². The Morgan fingerprint density at radius 1 is 1.89 bits per heavy atom. The van der Waals surface area contributed by atoms with E-state index in [-0.39, 0.29) is 5.96 Å². The van der Waals surface area contributed by atoms with Crippen molar-refractivity contribution < 1.29 is 4.39 Å². The van der Waals surface area contributed by atoms with Crippen molar-refractivity contribution in [3.8, 4) is 0 Å². The highest BCUT2D eigenvalue weighted by Gasteiger charge is 1.96. The molecule has 0 saturated carbocycles. The molecule has 0 saturated heterocycles.